The Kier molecular flexibility index (Phi) is 7.97. The first-order chi connectivity index (χ1) is 9.63. The highest BCUT2D eigenvalue weighted by Crippen LogP contribution is 2.15. The van der Waals surface area contributed by atoms with Crippen molar-refractivity contribution < 1.29 is 4.79 Å². The second-order valence-corrected chi connectivity index (χ2v) is 5.47. The standard InChI is InChI=1S/C17H28N2O/c1-4-5-6-7-10-14(2)18-13-16-11-8-9-12-17(16)19-15(3)20/h8-9,11-12,14,18H,4-7,10,13H2,1-3H3,(H,19,20). The van der Waals surface area contributed by atoms with Gasteiger partial charge in [0.05, 0.1) is 0 Å². The number of benzene rings is 1. The van der Waals surface area contributed by atoms with Crippen molar-refractivity contribution in [3.8, 4) is 0 Å². The molecule has 0 bridgehead atoms. The van der Waals surface area contributed by atoms with Gasteiger partial charge in [0.15, 0.2) is 0 Å². The van der Waals surface area contributed by atoms with Gasteiger partial charge in [0.25, 0.3) is 0 Å². The summed E-state index contributed by atoms with van der Waals surface area (Å²) in [6, 6.07) is 8.47. The molecule has 2 N–H and O–H groups in total. The fourth-order valence-corrected chi connectivity index (χ4v) is 2.25. The zero-order valence-electron chi connectivity index (χ0n) is 13.0. The highest BCUT2D eigenvalue weighted by molar-refractivity contribution is 5.89. The van der Waals surface area contributed by atoms with Crippen molar-refractivity contribution in [3.63, 3.8) is 0 Å². The first-order valence-electron chi connectivity index (χ1n) is 7.72. The van der Waals surface area contributed by atoms with Gasteiger partial charge in [-0.1, -0.05) is 50.8 Å². The first-order valence-corrected chi connectivity index (χ1v) is 7.72. The van der Waals surface area contributed by atoms with Crippen LogP contribution < -0.4 is 10.6 Å². The molecule has 1 atom stereocenters. The monoisotopic (exact) mass is 276 g/mol. The lowest BCUT2D eigenvalue weighted by Gasteiger charge is -2.16. The van der Waals surface area contributed by atoms with Gasteiger partial charge < -0.3 is 10.6 Å². The van der Waals surface area contributed by atoms with E-state index in [0.29, 0.717) is 6.04 Å². The minimum absolute atomic E-state index is 0.0231. The normalized spacial score (nSPS) is 12.2. The van der Waals surface area contributed by atoms with Crippen molar-refractivity contribution in [1.29, 1.82) is 0 Å². The summed E-state index contributed by atoms with van der Waals surface area (Å²) < 4.78 is 0. The maximum atomic E-state index is 11.2. The molecule has 0 aromatic heterocycles. The molecule has 0 aliphatic heterocycles. The minimum Gasteiger partial charge on any atom is -0.326 e. The van der Waals surface area contributed by atoms with Gasteiger partial charge in [-0.05, 0) is 25.0 Å². The van der Waals surface area contributed by atoms with Crippen LogP contribution in [-0.2, 0) is 11.3 Å². The molecule has 1 unspecified atom stereocenters. The minimum atomic E-state index is -0.0231. The van der Waals surface area contributed by atoms with Crippen LogP contribution in [0.5, 0.6) is 0 Å². The molecule has 1 aromatic carbocycles. The summed E-state index contributed by atoms with van der Waals surface area (Å²) in [5.41, 5.74) is 2.05. The molecule has 1 aromatic rings. The molecule has 0 aliphatic rings. The Hall–Kier alpha value is -1.35. The predicted molar refractivity (Wildman–Crippen MR) is 85.8 cm³/mol. The van der Waals surface area contributed by atoms with Crippen molar-refractivity contribution >= 4 is 11.6 Å². The van der Waals surface area contributed by atoms with E-state index >= 15 is 0 Å². The Morgan fingerprint density at radius 3 is 2.65 bits per heavy atom. The zero-order valence-corrected chi connectivity index (χ0v) is 13.0. The number of unbranched alkanes of at least 4 members (excludes halogenated alkanes) is 3. The molecule has 3 nitrogen and oxygen atoms in total. The summed E-state index contributed by atoms with van der Waals surface area (Å²) >= 11 is 0. The fraction of sp³-hybridized carbons (Fsp3) is 0.588. The van der Waals surface area contributed by atoms with Crippen LogP contribution in [0.1, 0.15) is 58.4 Å². The van der Waals surface area contributed by atoms with E-state index in [-0.39, 0.29) is 5.91 Å². The van der Waals surface area contributed by atoms with E-state index in [2.05, 4.69) is 30.5 Å². The molecule has 0 fully saturated rings. The smallest absolute Gasteiger partial charge is 0.221 e. The number of rotatable bonds is 9. The summed E-state index contributed by atoms with van der Waals surface area (Å²) in [5, 5.41) is 6.42. The predicted octanol–water partition coefficient (Wildman–Crippen LogP) is 4.09. The molecule has 112 valence electrons. The number of hydrogen-bond acceptors (Lipinski definition) is 2. The number of hydrogen-bond donors (Lipinski definition) is 2. The number of anilines is 1. The summed E-state index contributed by atoms with van der Waals surface area (Å²) in [7, 11) is 0. The van der Waals surface area contributed by atoms with Crippen LogP contribution in [0.2, 0.25) is 0 Å². The van der Waals surface area contributed by atoms with Crippen molar-refractivity contribution in [1.82, 2.24) is 5.32 Å². The second kappa shape index (κ2) is 9.54. The number of carbonyl (C=O) groups is 1. The van der Waals surface area contributed by atoms with Crippen LogP contribution in [-0.4, -0.2) is 11.9 Å². The quantitative estimate of drug-likeness (QED) is 0.667. The maximum Gasteiger partial charge on any atom is 0.221 e. The summed E-state index contributed by atoms with van der Waals surface area (Å²) in [5.74, 6) is -0.0231. The van der Waals surface area contributed by atoms with Crippen LogP contribution in [0.25, 0.3) is 0 Å². The van der Waals surface area contributed by atoms with Crippen LogP contribution in [0, 0.1) is 0 Å². The van der Waals surface area contributed by atoms with E-state index in [1.807, 2.05) is 18.2 Å². The highest BCUT2D eigenvalue weighted by Gasteiger charge is 2.05. The molecule has 0 saturated carbocycles. The Balaban J connectivity index is 2.38. The molecule has 3 heteroatoms. The fourth-order valence-electron chi connectivity index (χ4n) is 2.25. The Morgan fingerprint density at radius 1 is 1.20 bits per heavy atom. The first kappa shape index (κ1) is 16.7. The third-order valence-corrected chi connectivity index (χ3v) is 3.46. The summed E-state index contributed by atoms with van der Waals surface area (Å²) in [6.07, 6.45) is 6.44. The molecule has 0 spiro atoms. The van der Waals surface area contributed by atoms with Crippen molar-refractivity contribution in [2.75, 3.05) is 5.32 Å². The number of amides is 1. The van der Waals surface area contributed by atoms with E-state index in [1.54, 1.807) is 6.92 Å². The molecule has 0 saturated heterocycles. The van der Waals surface area contributed by atoms with Crippen LogP contribution in [0.3, 0.4) is 0 Å². The van der Waals surface area contributed by atoms with Crippen LogP contribution in [0.15, 0.2) is 24.3 Å². The highest BCUT2D eigenvalue weighted by atomic mass is 16.1. The third-order valence-electron chi connectivity index (χ3n) is 3.46. The van der Waals surface area contributed by atoms with E-state index in [4.69, 9.17) is 0 Å². The average Bonchev–Trinajstić information content (AvgIpc) is 2.42. The Bertz CT molecular complexity index is 404. The molecule has 0 aliphatic carbocycles. The van der Waals surface area contributed by atoms with Gasteiger partial charge in [-0.3, -0.25) is 4.79 Å². The van der Waals surface area contributed by atoms with E-state index in [9.17, 15) is 4.79 Å². The Labute approximate surface area is 123 Å². The molecule has 1 rings (SSSR count). The van der Waals surface area contributed by atoms with E-state index in [0.717, 1.165) is 17.8 Å². The number of para-hydroxylation sites is 1. The molecule has 20 heavy (non-hydrogen) atoms. The topological polar surface area (TPSA) is 41.1 Å². The van der Waals surface area contributed by atoms with Gasteiger partial charge >= 0.3 is 0 Å². The lowest BCUT2D eigenvalue weighted by Crippen LogP contribution is -2.26. The van der Waals surface area contributed by atoms with Gasteiger partial charge in [-0.25, -0.2) is 0 Å². The molecule has 0 heterocycles. The summed E-state index contributed by atoms with van der Waals surface area (Å²) in [6.45, 7) is 6.81. The van der Waals surface area contributed by atoms with Crippen molar-refractivity contribution in [2.24, 2.45) is 0 Å². The SMILES string of the molecule is CCCCCCC(C)NCc1ccccc1NC(C)=O. The van der Waals surface area contributed by atoms with E-state index in [1.165, 1.54) is 32.1 Å². The van der Waals surface area contributed by atoms with Crippen molar-refractivity contribution in [2.45, 2.75) is 65.5 Å². The van der Waals surface area contributed by atoms with Crippen LogP contribution >= 0.6 is 0 Å². The average molecular weight is 276 g/mol. The lowest BCUT2D eigenvalue weighted by atomic mass is 10.1. The second-order valence-electron chi connectivity index (χ2n) is 5.47. The Morgan fingerprint density at radius 2 is 1.95 bits per heavy atom. The number of carbonyl (C=O) groups excluding carboxylic acids is 1. The maximum absolute atomic E-state index is 11.2. The molecular weight excluding hydrogens is 248 g/mol. The third kappa shape index (κ3) is 6.71. The van der Waals surface area contributed by atoms with Gasteiger partial charge in [0.2, 0.25) is 5.91 Å². The zero-order chi connectivity index (χ0) is 14.8. The molecule has 0 radical (unpaired) electrons. The van der Waals surface area contributed by atoms with Gasteiger partial charge in [-0.15, -0.1) is 0 Å². The lowest BCUT2D eigenvalue weighted by molar-refractivity contribution is -0.114. The van der Waals surface area contributed by atoms with Gasteiger partial charge in [0.1, 0.15) is 0 Å². The molecular formula is C17H28N2O. The van der Waals surface area contributed by atoms with Gasteiger partial charge in [0, 0.05) is 25.2 Å². The largest absolute Gasteiger partial charge is 0.326 e. The number of nitrogens with one attached hydrogen (secondary N) is 2. The van der Waals surface area contributed by atoms with Gasteiger partial charge in [-0.2, -0.15) is 0 Å². The van der Waals surface area contributed by atoms with Crippen LogP contribution in [0.4, 0.5) is 5.69 Å². The molecule has 1 amide bonds. The summed E-state index contributed by atoms with van der Waals surface area (Å²) in [4.78, 5) is 11.2. The van der Waals surface area contributed by atoms with E-state index < -0.39 is 0 Å². The van der Waals surface area contributed by atoms with Crippen molar-refractivity contribution in [3.05, 3.63) is 29.8 Å².